The van der Waals surface area contributed by atoms with Crippen LogP contribution in [0, 0.1) is 0 Å². The first-order valence-electron chi connectivity index (χ1n) is 5.86. The summed E-state index contributed by atoms with van der Waals surface area (Å²) < 4.78 is 5.11. The quantitative estimate of drug-likeness (QED) is 0.626. The molecule has 20 heavy (non-hydrogen) atoms. The van der Waals surface area contributed by atoms with E-state index in [4.69, 9.17) is 9.84 Å². The fourth-order valence-corrected chi connectivity index (χ4v) is 2.01. The van der Waals surface area contributed by atoms with E-state index < -0.39 is 24.5 Å². The van der Waals surface area contributed by atoms with Gasteiger partial charge in [0, 0.05) is 22.7 Å². The number of carboxylic acid groups (broad SMARTS) is 2. The van der Waals surface area contributed by atoms with Crippen LogP contribution >= 0.6 is 0 Å². The molecule has 0 radical (unpaired) electrons. The predicted molar refractivity (Wildman–Crippen MR) is 70.9 cm³/mol. The molecule has 7 heteroatoms. The first kappa shape index (κ1) is 13.9. The molecule has 1 heterocycles. The number of rotatable bonds is 6. The van der Waals surface area contributed by atoms with E-state index in [9.17, 15) is 14.7 Å². The molecule has 7 nitrogen and oxygen atoms in total. The smallest absolute Gasteiger partial charge is 0.325 e. The Morgan fingerprint density at radius 3 is 2.75 bits per heavy atom. The molecule has 0 aliphatic rings. The van der Waals surface area contributed by atoms with Gasteiger partial charge in [-0.25, -0.2) is 0 Å². The second-order valence-corrected chi connectivity index (χ2v) is 4.20. The Morgan fingerprint density at radius 1 is 1.40 bits per heavy atom. The van der Waals surface area contributed by atoms with Gasteiger partial charge in [0.05, 0.1) is 13.7 Å². The van der Waals surface area contributed by atoms with Gasteiger partial charge in [0.2, 0.25) is 0 Å². The van der Waals surface area contributed by atoms with Crippen LogP contribution in [0.4, 0.5) is 0 Å². The maximum atomic E-state index is 11.3. The van der Waals surface area contributed by atoms with Crippen LogP contribution in [0.25, 0.3) is 10.9 Å². The van der Waals surface area contributed by atoms with Crippen LogP contribution in [-0.2, 0) is 9.59 Å². The van der Waals surface area contributed by atoms with E-state index in [0.29, 0.717) is 16.7 Å². The lowest BCUT2D eigenvalue weighted by Gasteiger charge is -2.12. The van der Waals surface area contributed by atoms with Gasteiger partial charge in [-0.1, -0.05) is 0 Å². The Kier molecular flexibility index (Phi) is 3.90. The molecule has 1 aromatic carbocycles. The zero-order valence-corrected chi connectivity index (χ0v) is 10.7. The molecule has 0 aliphatic heterocycles. The molecule has 2 rings (SSSR count). The summed E-state index contributed by atoms with van der Waals surface area (Å²) in [5.41, 5.74) is 1.22. The minimum atomic E-state index is -1.14. The van der Waals surface area contributed by atoms with Gasteiger partial charge < -0.3 is 19.9 Å². The number of fused-ring (bicyclic) bond motifs is 1. The Labute approximate surface area is 114 Å². The zero-order valence-electron chi connectivity index (χ0n) is 10.7. The summed E-state index contributed by atoms with van der Waals surface area (Å²) in [5, 5.41) is 21.1. The number of hydrogen-bond acceptors (Lipinski definition) is 4. The van der Waals surface area contributed by atoms with E-state index in [0.717, 1.165) is 5.52 Å². The van der Waals surface area contributed by atoms with E-state index >= 15 is 0 Å². The molecule has 1 aromatic heterocycles. The van der Waals surface area contributed by atoms with E-state index in [1.807, 2.05) is 0 Å². The van der Waals surface area contributed by atoms with E-state index in [1.54, 1.807) is 24.4 Å². The number of aromatic amines is 1. The third-order valence-corrected chi connectivity index (χ3v) is 2.94. The number of benzene rings is 1. The van der Waals surface area contributed by atoms with Crippen molar-refractivity contribution in [3.8, 4) is 5.75 Å². The standard InChI is InChI=1S/C13H14N2O5/c1-20-7-2-3-10-8(4-7)9(5-14-10)12(13(18)19)15-6-11(16)17/h2-5,12,14-15H,6H2,1H3,(H,16,17)(H,18,19). The Bertz CT molecular complexity index is 649. The number of ether oxygens (including phenoxy) is 1. The van der Waals surface area contributed by atoms with Gasteiger partial charge in [-0.05, 0) is 18.2 Å². The average Bonchev–Trinajstić information content (AvgIpc) is 2.81. The number of H-pyrrole nitrogens is 1. The highest BCUT2D eigenvalue weighted by Crippen LogP contribution is 2.27. The minimum absolute atomic E-state index is 0.437. The van der Waals surface area contributed by atoms with Crippen LogP contribution in [0.15, 0.2) is 24.4 Å². The summed E-state index contributed by atoms with van der Waals surface area (Å²) in [6, 6.07) is 4.13. The molecular formula is C13H14N2O5. The molecule has 1 unspecified atom stereocenters. The van der Waals surface area contributed by atoms with Crippen molar-refractivity contribution in [2.24, 2.45) is 0 Å². The van der Waals surface area contributed by atoms with Crippen molar-refractivity contribution in [2.45, 2.75) is 6.04 Å². The molecule has 0 fully saturated rings. The summed E-state index contributed by atoms with van der Waals surface area (Å²) in [4.78, 5) is 24.8. The maximum Gasteiger partial charge on any atom is 0.325 e. The largest absolute Gasteiger partial charge is 0.497 e. The van der Waals surface area contributed by atoms with E-state index in [1.165, 1.54) is 7.11 Å². The average molecular weight is 278 g/mol. The van der Waals surface area contributed by atoms with Crippen LogP contribution in [-0.4, -0.2) is 40.8 Å². The molecule has 0 saturated carbocycles. The molecule has 4 N–H and O–H groups in total. The van der Waals surface area contributed by atoms with E-state index in [-0.39, 0.29) is 0 Å². The predicted octanol–water partition coefficient (Wildman–Crippen LogP) is 0.976. The van der Waals surface area contributed by atoms with E-state index in [2.05, 4.69) is 10.3 Å². The fourth-order valence-electron chi connectivity index (χ4n) is 2.01. The second-order valence-electron chi connectivity index (χ2n) is 4.20. The van der Waals surface area contributed by atoms with Gasteiger partial charge in [-0.3, -0.25) is 14.9 Å². The van der Waals surface area contributed by atoms with Crippen molar-refractivity contribution in [3.05, 3.63) is 30.0 Å². The number of aromatic nitrogens is 1. The van der Waals surface area contributed by atoms with Gasteiger partial charge in [-0.15, -0.1) is 0 Å². The summed E-state index contributed by atoms with van der Waals surface area (Å²) in [6.07, 6.45) is 1.55. The topological polar surface area (TPSA) is 112 Å². The van der Waals surface area contributed by atoms with Gasteiger partial charge >= 0.3 is 11.9 Å². The van der Waals surface area contributed by atoms with Gasteiger partial charge in [-0.2, -0.15) is 0 Å². The molecule has 106 valence electrons. The van der Waals surface area contributed by atoms with Crippen LogP contribution in [0.2, 0.25) is 0 Å². The van der Waals surface area contributed by atoms with Crippen molar-refractivity contribution in [1.82, 2.24) is 10.3 Å². The fraction of sp³-hybridized carbons (Fsp3) is 0.231. The lowest BCUT2D eigenvalue weighted by Crippen LogP contribution is -2.32. The first-order chi connectivity index (χ1) is 9.52. The molecule has 0 spiro atoms. The molecule has 1 atom stereocenters. The highest BCUT2D eigenvalue weighted by molar-refractivity contribution is 5.90. The lowest BCUT2D eigenvalue weighted by atomic mass is 10.1. The Morgan fingerprint density at radius 2 is 2.15 bits per heavy atom. The summed E-state index contributed by atoms with van der Waals surface area (Å²) >= 11 is 0. The van der Waals surface area contributed by atoms with Crippen molar-refractivity contribution >= 4 is 22.8 Å². The molecule has 0 saturated heterocycles. The highest BCUT2D eigenvalue weighted by Gasteiger charge is 2.23. The summed E-state index contributed by atoms with van der Waals surface area (Å²) in [6.45, 7) is -0.437. The van der Waals surface area contributed by atoms with Crippen molar-refractivity contribution in [2.75, 3.05) is 13.7 Å². The van der Waals surface area contributed by atoms with Crippen LogP contribution in [0.1, 0.15) is 11.6 Å². The first-order valence-corrected chi connectivity index (χ1v) is 5.86. The lowest BCUT2D eigenvalue weighted by molar-refractivity contribution is -0.140. The minimum Gasteiger partial charge on any atom is -0.497 e. The Balaban J connectivity index is 2.42. The van der Waals surface area contributed by atoms with Crippen LogP contribution in [0.5, 0.6) is 5.75 Å². The molecule has 2 aromatic rings. The van der Waals surface area contributed by atoms with Crippen molar-refractivity contribution < 1.29 is 24.5 Å². The van der Waals surface area contributed by atoms with Crippen LogP contribution < -0.4 is 10.1 Å². The number of carboxylic acids is 2. The third-order valence-electron chi connectivity index (χ3n) is 2.94. The second kappa shape index (κ2) is 5.62. The number of methoxy groups -OCH3 is 1. The van der Waals surface area contributed by atoms with Crippen molar-refractivity contribution in [3.63, 3.8) is 0 Å². The molecular weight excluding hydrogens is 264 g/mol. The summed E-state index contributed by atoms with van der Waals surface area (Å²) in [5.74, 6) is -1.66. The number of carbonyl (C=O) groups is 2. The number of aliphatic carboxylic acids is 2. The number of nitrogens with one attached hydrogen (secondary N) is 2. The zero-order chi connectivity index (χ0) is 14.7. The van der Waals surface area contributed by atoms with Gasteiger partial charge in [0.15, 0.2) is 0 Å². The van der Waals surface area contributed by atoms with Crippen LogP contribution in [0.3, 0.4) is 0 Å². The number of hydrogen-bond donors (Lipinski definition) is 4. The third kappa shape index (κ3) is 2.72. The molecule has 0 bridgehead atoms. The SMILES string of the molecule is COc1ccc2[nH]cc(C(NCC(=O)O)C(=O)O)c2c1. The summed E-state index contributed by atoms with van der Waals surface area (Å²) in [7, 11) is 1.52. The van der Waals surface area contributed by atoms with Gasteiger partial charge in [0.1, 0.15) is 11.8 Å². The molecule has 0 aliphatic carbocycles. The Hall–Kier alpha value is -2.54. The molecule has 0 amide bonds. The maximum absolute atomic E-state index is 11.3. The monoisotopic (exact) mass is 278 g/mol. The van der Waals surface area contributed by atoms with Crippen molar-refractivity contribution in [1.29, 1.82) is 0 Å². The highest BCUT2D eigenvalue weighted by atomic mass is 16.5. The van der Waals surface area contributed by atoms with Gasteiger partial charge in [0.25, 0.3) is 0 Å². The normalized spacial score (nSPS) is 12.2.